The van der Waals surface area contributed by atoms with Crippen molar-refractivity contribution in [2.24, 2.45) is 0 Å². The fourth-order valence-corrected chi connectivity index (χ4v) is 1.38. The molecule has 23 heavy (non-hydrogen) atoms. The van der Waals surface area contributed by atoms with E-state index in [0.717, 1.165) is 0 Å². The predicted molar refractivity (Wildman–Crippen MR) is 42.9 cm³/mol. The molecule has 0 aromatic rings. The fraction of sp³-hybridized carbons (Fsp3) is 1.00. The van der Waals surface area contributed by atoms with Crippen molar-refractivity contribution in [1.82, 2.24) is 0 Å². The summed E-state index contributed by atoms with van der Waals surface area (Å²) in [6.45, 7) is 0. The van der Waals surface area contributed by atoms with Crippen LogP contribution in [-0.4, -0.2) is 44.5 Å². The highest BCUT2D eigenvalue weighted by atomic mass is 32.2. The molecular formula is C6H2F12O4S. The van der Waals surface area contributed by atoms with Crippen molar-refractivity contribution in [2.75, 3.05) is 0 Å². The van der Waals surface area contributed by atoms with E-state index in [1.807, 2.05) is 0 Å². The summed E-state index contributed by atoms with van der Waals surface area (Å²) in [5.41, 5.74) is 0. The summed E-state index contributed by atoms with van der Waals surface area (Å²) >= 11 is 0. The third-order valence-electron chi connectivity index (χ3n) is 1.84. The maximum absolute atomic E-state index is 12.8. The second-order valence-electron chi connectivity index (χ2n) is 3.49. The zero-order valence-corrected chi connectivity index (χ0v) is 10.5. The number of hydrogen-bond donors (Lipinski definition) is 0. The number of hydrogen-bond acceptors (Lipinski definition) is 4. The molecular weight excluding hydrogens is 396 g/mol. The fourth-order valence-electron chi connectivity index (χ4n) is 0.672. The topological polar surface area (TPSA) is 52.6 Å². The van der Waals surface area contributed by atoms with Crippen LogP contribution in [0.4, 0.5) is 52.7 Å². The van der Waals surface area contributed by atoms with Gasteiger partial charge in [0.25, 0.3) is 0 Å². The van der Waals surface area contributed by atoms with Crippen LogP contribution in [0.25, 0.3) is 0 Å². The monoisotopic (exact) mass is 398 g/mol. The van der Waals surface area contributed by atoms with Gasteiger partial charge in [-0.25, -0.2) is 13.2 Å². The zero-order chi connectivity index (χ0) is 19.1. The van der Waals surface area contributed by atoms with Gasteiger partial charge in [-0.15, -0.1) is 0 Å². The van der Waals surface area contributed by atoms with Crippen LogP contribution in [0.2, 0.25) is 0 Å². The number of alkyl halides is 12. The van der Waals surface area contributed by atoms with E-state index >= 15 is 0 Å². The summed E-state index contributed by atoms with van der Waals surface area (Å²) in [4.78, 5) is 2.20. The predicted octanol–water partition coefficient (Wildman–Crippen LogP) is 3.25. The van der Waals surface area contributed by atoms with E-state index in [2.05, 4.69) is 9.22 Å². The first-order valence-electron chi connectivity index (χ1n) is 4.54. The highest BCUT2D eigenvalue weighted by Crippen LogP contribution is 2.51. The van der Waals surface area contributed by atoms with Crippen LogP contribution < -0.4 is 0 Å². The van der Waals surface area contributed by atoms with Crippen molar-refractivity contribution < 1.29 is 70.3 Å². The summed E-state index contributed by atoms with van der Waals surface area (Å²) < 4.78 is 169. The Hall–Kier alpha value is -0.970. The molecule has 0 saturated carbocycles. The summed E-state index contributed by atoms with van der Waals surface area (Å²) in [5.74, 6) is -14.3. The van der Waals surface area contributed by atoms with Crippen LogP contribution in [0.1, 0.15) is 0 Å². The third-order valence-corrected chi connectivity index (χ3v) is 2.98. The second-order valence-corrected chi connectivity index (χ2v) is 5.05. The number of halogens is 12. The van der Waals surface area contributed by atoms with Crippen LogP contribution in [0.15, 0.2) is 0 Å². The van der Waals surface area contributed by atoms with E-state index in [1.54, 1.807) is 0 Å². The Kier molecular flexibility index (Phi) is 5.89. The molecule has 4 nitrogen and oxygen atoms in total. The molecule has 0 amide bonds. The van der Waals surface area contributed by atoms with Gasteiger partial charge in [-0.3, -0.25) is 0 Å². The van der Waals surface area contributed by atoms with Crippen LogP contribution in [0.5, 0.6) is 0 Å². The Labute approximate surface area is 118 Å². The first-order valence-corrected chi connectivity index (χ1v) is 5.95. The van der Waals surface area contributed by atoms with E-state index in [4.69, 9.17) is 0 Å². The molecule has 1 atom stereocenters. The van der Waals surface area contributed by atoms with Crippen molar-refractivity contribution in [1.29, 1.82) is 0 Å². The Morgan fingerprint density at radius 2 is 1.17 bits per heavy atom. The normalized spacial score (nSPS) is 16.7. The van der Waals surface area contributed by atoms with Crippen molar-refractivity contribution in [3.05, 3.63) is 0 Å². The van der Waals surface area contributed by atoms with Gasteiger partial charge >= 0.3 is 46.2 Å². The minimum absolute atomic E-state index is 2.11. The van der Waals surface area contributed by atoms with Crippen molar-refractivity contribution >= 4 is 10.1 Å². The smallest absolute Gasteiger partial charge is 0.203 e. The summed E-state index contributed by atoms with van der Waals surface area (Å²) in [6, 6.07) is 0. The van der Waals surface area contributed by atoms with Crippen molar-refractivity contribution in [2.45, 2.75) is 36.1 Å². The van der Waals surface area contributed by atoms with Gasteiger partial charge in [0, 0.05) is 0 Å². The molecule has 0 saturated heterocycles. The van der Waals surface area contributed by atoms with Crippen LogP contribution in [0, 0.1) is 0 Å². The molecule has 140 valence electrons. The van der Waals surface area contributed by atoms with Gasteiger partial charge < -0.3 is 0 Å². The van der Waals surface area contributed by atoms with Crippen LogP contribution in [0.3, 0.4) is 0 Å². The molecule has 0 aliphatic carbocycles. The second kappa shape index (κ2) is 6.15. The summed E-state index contributed by atoms with van der Waals surface area (Å²) in [7, 11) is -7.55. The Morgan fingerprint density at radius 3 is 1.48 bits per heavy atom. The molecule has 0 heterocycles. The lowest BCUT2D eigenvalue weighted by molar-refractivity contribution is -0.371. The van der Waals surface area contributed by atoms with Gasteiger partial charge in [-0.1, -0.05) is 4.33 Å². The first-order chi connectivity index (χ1) is 9.82. The van der Waals surface area contributed by atoms with Gasteiger partial charge in [0.15, 0.2) is 0 Å². The molecule has 0 aliphatic rings. The molecule has 0 N–H and O–H groups in total. The van der Waals surface area contributed by atoms with E-state index in [1.165, 1.54) is 0 Å². The standard InChI is InChI=1S/C6H2F12O4S/c7-1(8)3(10,11)5(15,16)6(17,18)23(19,20)22-21-2(9)4(12,13)14/h1-2H. The maximum atomic E-state index is 12.8. The lowest BCUT2D eigenvalue weighted by atomic mass is 10.2. The maximum Gasteiger partial charge on any atom is 0.448 e. The lowest BCUT2D eigenvalue weighted by Crippen LogP contribution is -2.60. The zero-order valence-electron chi connectivity index (χ0n) is 9.73. The third kappa shape index (κ3) is 3.93. The summed E-state index contributed by atoms with van der Waals surface area (Å²) in [5, 5.41) is -7.20. The molecule has 1 unspecified atom stereocenters. The Bertz CT molecular complexity index is 510. The van der Waals surface area contributed by atoms with Gasteiger partial charge in [0.05, 0.1) is 0 Å². The SMILES string of the molecule is O=S(=O)(OOC(F)C(F)(F)F)C(F)(F)C(F)(F)C(F)(F)C(F)F. The highest BCUT2D eigenvalue weighted by molar-refractivity contribution is 7.87. The minimum Gasteiger partial charge on any atom is -0.203 e. The molecule has 0 bridgehead atoms. The molecule has 0 radical (unpaired) electrons. The van der Waals surface area contributed by atoms with Crippen LogP contribution in [-0.2, 0) is 19.3 Å². The van der Waals surface area contributed by atoms with E-state index in [-0.39, 0.29) is 0 Å². The average molecular weight is 398 g/mol. The lowest BCUT2D eigenvalue weighted by Gasteiger charge is -2.30. The van der Waals surface area contributed by atoms with Crippen molar-refractivity contribution in [3.8, 4) is 0 Å². The van der Waals surface area contributed by atoms with E-state index in [9.17, 15) is 61.1 Å². The van der Waals surface area contributed by atoms with Gasteiger partial charge in [-0.05, 0) is 0 Å². The highest BCUT2D eigenvalue weighted by Gasteiger charge is 2.81. The Morgan fingerprint density at radius 1 is 0.783 bits per heavy atom. The largest absolute Gasteiger partial charge is 0.448 e. The van der Waals surface area contributed by atoms with E-state index < -0.39 is 46.2 Å². The summed E-state index contributed by atoms with van der Waals surface area (Å²) in [6.07, 6.45) is -16.3. The molecule has 0 spiro atoms. The van der Waals surface area contributed by atoms with E-state index in [0.29, 0.717) is 0 Å². The average Bonchev–Trinajstić information content (AvgIpc) is 2.33. The van der Waals surface area contributed by atoms with Crippen LogP contribution >= 0.6 is 0 Å². The molecule has 0 aromatic carbocycles. The minimum atomic E-state index is -7.55. The Balaban J connectivity index is 5.56. The number of rotatable bonds is 7. The molecule has 17 heteroatoms. The van der Waals surface area contributed by atoms with Gasteiger partial charge in [0.1, 0.15) is 0 Å². The molecule has 0 rings (SSSR count). The van der Waals surface area contributed by atoms with Crippen molar-refractivity contribution in [3.63, 3.8) is 0 Å². The van der Waals surface area contributed by atoms with Gasteiger partial charge in [-0.2, -0.15) is 52.8 Å². The molecule has 0 fully saturated rings. The molecule has 0 aliphatic heterocycles. The first kappa shape index (κ1) is 22.0. The van der Waals surface area contributed by atoms with Gasteiger partial charge in [0.2, 0.25) is 0 Å². The quantitative estimate of drug-likeness (QED) is 0.376. The molecule has 0 aromatic heterocycles.